The number of carbonyl (C=O) groups is 1. The standard InChI is InChI=1S/C11H17NO2/c1-3-5-7-9(6-4-2)10(8-12)11(13)14/h3-7H2,1-2H3,(H,13,14). The molecule has 0 radical (unpaired) electrons. The molecule has 14 heavy (non-hydrogen) atoms. The molecule has 0 saturated carbocycles. The molecule has 0 aliphatic carbocycles. The van der Waals surface area contributed by atoms with Crippen molar-refractivity contribution in [3.63, 3.8) is 0 Å². The summed E-state index contributed by atoms with van der Waals surface area (Å²) >= 11 is 0. The first-order chi connectivity index (χ1) is 6.67. The Kier molecular flexibility index (Phi) is 6.47. The minimum absolute atomic E-state index is 0.0553. The highest BCUT2D eigenvalue weighted by molar-refractivity contribution is 5.92. The fraction of sp³-hybridized carbons (Fsp3) is 0.636. The van der Waals surface area contributed by atoms with Crippen LogP contribution >= 0.6 is 0 Å². The molecular formula is C11H17NO2. The number of nitrogens with zero attached hydrogens (tertiary/aromatic N) is 1. The molecule has 0 atom stereocenters. The number of allylic oxidation sites excluding steroid dienone is 1. The summed E-state index contributed by atoms with van der Waals surface area (Å²) in [5.74, 6) is -1.09. The van der Waals surface area contributed by atoms with Crippen molar-refractivity contribution < 1.29 is 9.90 Å². The van der Waals surface area contributed by atoms with Crippen molar-refractivity contribution in [1.82, 2.24) is 0 Å². The Bertz CT molecular complexity index is 261. The van der Waals surface area contributed by atoms with E-state index in [4.69, 9.17) is 10.4 Å². The smallest absolute Gasteiger partial charge is 0.346 e. The molecule has 0 amide bonds. The molecule has 3 heteroatoms. The third-order valence-electron chi connectivity index (χ3n) is 2.06. The normalized spacial score (nSPS) is 11.8. The predicted molar refractivity (Wildman–Crippen MR) is 54.7 cm³/mol. The largest absolute Gasteiger partial charge is 0.477 e. The van der Waals surface area contributed by atoms with Crippen molar-refractivity contribution in [1.29, 1.82) is 5.26 Å². The van der Waals surface area contributed by atoms with Crippen LogP contribution in [-0.2, 0) is 4.79 Å². The average Bonchev–Trinajstić information content (AvgIpc) is 2.14. The van der Waals surface area contributed by atoms with E-state index in [0.717, 1.165) is 37.7 Å². The lowest BCUT2D eigenvalue weighted by Gasteiger charge is -2.05. The van der Waals surface area contributed by atoms with Crippen molar-refractivity contribution in [3.05, 3.63) is 11.1 Å². The summed E-state index contributed by atoms with van der Waals surface area (Å²) in [6.07, 6.45) is 4.31. The Labute approximate surface area is 85.0 Å². The molecule has 0 heterocycles. The van der Waals surface area contributed by atoms with Gasteiger partial charge in [-0.3, -0.25) is 0 Å². The second kappa shape index (κ2) is 7.14. The van der Waals surface area contributed by atoms with Gasteiger partial charge in [0.1, 0.15) is 11.6 Å². The van der Waals surface area contributed by atoms with Crippen LogP contribution in [0.4, 0.5) is 0 Å². The van der Waals surface area contributed by atoms with Gasteiger partial charge in [-0.1, -0.05) is 26.7 Å². The minimum atomic E-state index is -1.09. The monoisotopic (exact) mass is 195 g/mol. The number of unbranched alkanes of at least 4 members (excludes halogenated alkanes) is 1. The van der Waals surface area contributed by atoms with Crippen molar-refractivity contribution in [3.8, 4) is 6.07 Å². The second-order valence-electron chi connectivity index (χ2n) is 3.25. The van der Waals surface area contributed by atoms with Crippen LogP contribution in [-0.4, -0.2) is 11.1 Å². The van der Waals surface area contributed by atoms with E-state index in [1.165, 1.54) is 0 Å². The first-order valence-corrected chi connectivity index (χ1v) is 5.02. The topological polar surface area (TPSA) is 61.1 Å². The van der Waals surface area contributed by atoms with E-state index in [-0.39, 0.29) is 5.57 Å². The maximum atomic E-state index is 10.7. The number of carboxylic acid groups (broad SMARTS) is 1. The maximum Gasteiger partial charge on any atom is 0.346 e. The van der Waals surface area contributed by atoms with Gasteiger partial charge in [0.2, 0.25) is 0 Å². The zero-order chi connectivity index (χ0) is 11.0. The first-order valence-electron chi connectivity index (χ1n) is 5.02. The van der Waals surface area contributed by atoms with Gasteiger partial charge >= 0.3 is 5.97 Å². The molecule has 0 aromatic rings. The molecule has 78 valence electrons. The van der Waals surface area contributed by atoms with Crippen LogP contribution < -0.4 is 0 Å². The van der Waals surface area contributed by atoms with Gasteiger partial charge in [0, 0.05) is 0 Å². The Morgan fingerprint density at radius 1 is 1.29 bits per heavy atom. The van der Waals surface area contributed by atoms with Gasteiger partial charge in [-0.15, -0.1) is 0 Å². The van der Waals surface area contributed by atoms with E-state index in [0.29, 0.717) is 0 Å². The minimum Gasteiger partial charge on any atom is -0.477 e. The predicted octanol–water partition coefficient (Wildman–Crippen LogP) is 2.88. The molecule has 0 rings (SSSR count). The highest BCUT2D eigenvalue weighted by Gasteiger charge is 2.12. The van der Waals surface area contributed by atoms with Crippen molar-refractivity contribution in [2.75, 3.05) is 0 Å². The first kappa shape index (κ1) is 12.7. The molecule has 0 spiro atoms. The van der Waals surface area contributed by atoms with Crippen molar-refractivity contribution in [2.24, 2.45) is 0 Å². The van der Waals surface area contributed by atoms with Crippen LogP contribution in [0.5, 0.6) is 0 Å². The molecule has 0 bridgehead atoms. The quantitative estimate of drug-likeness (QED) is 0.523. The van der Waals surface area contributed by atoms with Gasteiger partial charge in [-0.05, 0) is 24.8 Å². The maximum absolute atomic E-state index is 10.7. The van der Waals surface area contributed by atoms with Crippen LogP contribution in [0.2, 0.25) is 0 Å². The summed E-state index contributed by atoms with van der Waals surface area (Å²) in [4.78, 5) is 10.7. The number of hydrogen-bond donors (Lipinski definition) is 1. The van der Waals surface area contributed by atoms with Crippen molar-refractivity contribution >= 4 is 5.97 Å². The number of aliphatic carboxylic acids is 1. The fourth-order valence-corrected chi connectivity index (χ4v) is 1.35. The molecule has 0 aromatic heterocycles. The van der Waals surface area contributed by atoms with Crippen LogP contribution in [0.15, 0.2) is 11.1 Å². The van der Waals surface area contributed by atoms with E-state index in [1.54, 1.807) is 6.07 Å². The second-order valence-corrected chi connectivity index (χ2v) is 3.25. The van der Waals surface area contributed by atoms with Crippen LogP contribution in [0, 0.1) is 11.3 Å². The molecule has 1 N–H and O–H groups in total. The molecule has 0 unspecified atom stereocenters. The Balaban J connectivity index is 4.72. The SMILES string of the molecule is CCCCC(CCC)=C(C#N)C(=O)O. The zero-order valence-electron chi connectivity index (χ0n) is 8.84. The summed E-state index contributed by atoms with van der Waals surface area (Å²) in [5, 5.41) is 17.5. The Morgan fingerprint density at radius 3 is 2.29 bits per heavy atom. The van der Waals surface area contributed by atoms with E-state index < -0.39 is 5.97 Å². The van der Waals surface area contributed by atoms with Gasteiger partial charge in [-0.2, -0.15) is 5.26 Å². The summed E-state index contributed by atoms with van der Waals surface area (Å²) in [7, 11) is 0. The highest BCUT2D eigenvalue weighted by atomic mass is 16.4. The molecular weight excluding hydrogens is 178 g/mol. The van der Waals surface area contributed by atoms with Gasteiger partial charge < -0.3 is 5.11 Å². The molecule has 0 aliphatic heterocycles. The summed E-state index contributed by atoms with van der Waals surface area (Å²) in [6.45, 7) is 4.04. The van der Waals surface area contributed by atoms with Gasteiger partial charge in [0.05, 0.1) is 0 Å². The molecule has 0 aromatic carbocycles. The summed E-state index contributed by atoms with van der Waals surface area (Å²) in [6, 6.07) is 1.78. The number of hydrogen-bond acceptors (Lipinski definition) is 2. The Hall–Kier alpha value is -1.30. The lowest BCUT2D eigenvalue weighted by atomic mass is 9.99. The van der Waals surface area contributed by atoms with Gasteiger partial charge in [0.25, 0.3) is 0 Å². The number of nitriles is 1. The van der Waals surface area contributed by atoms with Crippen LogP contribution in [0.1, 0.15) is 46.0 Å². The fourth-order valence-electron chi connectivity index (χ4n) is 1.35. The van der Waals surface area contributed by atoms with E-state index in [1.807, 2.05) is 6.92 Å². The van der Waals surface area contributed by atoms with E-state index in [9.17, 15) is 4.79 Å². The van der Waals surface area contributed by atoms with Crippen molar-refractivity contribution in [2.45, 2.75) is 46.0 Å². The molecule has 0 saturated heterocycles. The third-order valence-corrected chi connectivity index (χ3v) is 2.06. The molecule has 0 aliphatic rings. The lowest BCUT2D eigenvalue weighted by molar-refractivity contribution is -0.132. The van der Waals surface area contributed by atoms with Gasteiger partial charge in [-0.25, -0.2) is 4.79 Å². The number of carboxylic acids is 1. The van der Waals surface area contributed by atoms with Crippen LogP contribution in [0.25, 0.3) is 0 Å². The molecule has 3 nitrogen and oxygen atoms in total. The lowest BCUT2D eigenvalue weighted by Crippen LogP contribution is -2.03. The van der Waals surface area contributed by atoms with E-state index >= 15 is 0 Å². The molecule has 0 fully saturated rings. The van der Waals surface area contributed by atoms with Crippen LogP contribution in [0.3, 0.4) is 0 Å². The Morgan fingerprint density at radius 2 is 1.93 bits per heavy atom. The zero-order valence-corrected chi connectivity index (χ0v) is 8.84. The number of rotatable bonds is 6. The van der Waals surface area contributed by atoms with E-state index in [2.05, 4.69) is 6.92 Å². The third kappa shape index (κ3) is 4.08. The summed E-state index contributed by atoms with van der Waals surface area (Å²) < 4.78 is 0. The highest BCUT2D eigenvalue weighted by Crippen LogP contribution is 2.18. The van der Waals surface area contributed by atoms with Gasteiger partial charge in [0.15, 0.2) is 0 Å². The summed E-state index contributed by atoms with van der Waals surface area (Å²) in [5.41, 5.74) is 0.740. The average molecular weight is 195 g/mol.